The largest absolute Gasteiger partial charge is 0.449 e. The van der Waals surface area contributed by atoms with Crippen LogP contribution >= 0.6 is 11.3 Å². The van der Waals surface area contributed by atoms with Crippen molar-refractivity contribution in [3.05, 3.63) is 28.5 Å². The van der Waals surface area contributed by atoms with E-state index in [0.29, 0.717) is 6.54 Å². The number of carbonyl (C=O) groups is 3. The molecule has 0 aliphatic carbocycles. The Hall–Kier alpha value is -2.15. The molecule has 0 unspecified atom stereocenters. The summed E-state index contributed by atoms with van der Waals surface area (Å²) in [5.74, 6) is -1.31. The zero-order valence-electron chi connectivity index (χ0n) is 11.2. The van der Waals surface area contributed by atoms with Crippen LogP contribution in [-0.4, -0.2) is 30.6 Å². The lowest BCUT2D eigenvalue weighted by Gasteiger charge is -2.11. The minimum absolute atomic E-state index is 0.400. The zero-order chi connectivity index (χ0) is 15.0. The van der Waals surface area contributed by atoms with Crippen LogP contribution in [0.5, 0.6) is 0 Å². The highest BCUT2D eigenvalue weighted by Crippen LogP contribution is 2.10. The number of hydrogen-bond acceptors (Lipinski definition) is 5. The second-order valence-corrected chi connectivity index (χ2v) is 4.76. The first-order valence-corrected chi connectivity index (χ1v) is 6.91. The maximum absolute atomic E-state index is 11.5. The summed E-state index contributed by atoms with van der Waals surface area (Å²) >= 11 is 1.48. The van der Waals surface area contributed by atoms with Gasteiger partial charge in [-0.2, -0.15) is 0 Å². The van der Waals surface area contributed by atoms with Crippen LogP contribution in [0.1, 0.15) is 18.7 Å². The quantitative estimate of drug-likeness (QED) is 0.637. The Morgan fingerprint density at radius 2 is 2.20 bits per heavy atom. The molecule has 0 aliphatic heterocycles. The van der Waals surface area contributed by atoms with Crippen molar-refractivity contribution in [2.24, 2.45) is 0 Å². The molecule has 0 radical (unpaired) electrons. The fraction of sp³-hybridized carbons (Fsp3) is 0.308. The van der Waals surface area contributed by atoms with Gasteiger partial charge in [-0.25, -0.2) is 9.59 Å². The molecular formula is C13H16N2O4S. The molecule has 108 valence electrons. The van der Waals surface area contributed by atoms with Gasteiger partial charge < -0.3 is 10.1 Å². The maximum atomic E-state index is 11.5. The van der Waals surface area contributed by atoms with E-state index in [1.807, 2.05) is 17.5 Å². The summed E-state index contributed by atoms with van der Waals surface area (Å²) < 4.78 is 4.88. The SMILES string of the molecule is CCNC(=O)NC(=O)[C@@H](C)OC(=O)/C=C/c1cccs1. The van der Waals surface area contributed by atoms with Crippen molar-refractivity contribution in [2.45, 2.75) is 20.0 Å². The van der Waals surface area contributed by atoms with E-state index in [4.69, 9.17) is 4.74 Å². The second kappa shape index (κ2) is 8.11. The predicted molar refractivity (Wildman–Crippen MR) is 76.1 cm³/mol. The molecule has 1 heterocycles. The molecule has 1 rings (SSSR count). The number of rotatable bonds is 5. The number of ether oxygens (including phenoxy) is 1. The van der Waals surface area contributed by atoms with Gasteiger partial charge in [0.2, 0.25) is 0 Å². The lowest BCUT2D eigenvalue weighted by Crippen LogP contribution is -2.44. The highest BCUT2D eigenvalue weighted by atomic mass is 32.1. The summed E-state index contributed by atoms with van der Waals surface area (Å²) in [7, 11) is 0. The van der Waals surface area contributed by atoms with Crippen molar-refractivity contribution in [1.29, 1.82) is 0 Å². The van der Waals surface area contributed by atoms with Crippen LogP contribution in [0.15, 0.2) is 23.6 Å². The van der Waals surface area contributed by atoms with Crippen molar-refractivity contribution in [1.82, 2.24) is 10.6 Å². The van der Waals surface area contributed by atoms with Crippen LogP contribution in [0.3, 0.4) is 0 Å². The Balaban J connectivity index is 2.41. The van der Waals surface area contributed by atoms with Crippen LogP contribution in [0, 0.1) is 0 Å². The van der Waals surface area contributed by atoms with Gasteiger partial charge in [0.25, 0.3) is 5.91 Å². The van der Waals surface area contributed by atoms with Crippen molar-refractivity contribution < 1.29 is 19.1 Å². The van der Waals surface area contributed by atoms with E-state index in [9.17, 15) is 14.4 Å². The maximum Gasteiger partial charge on any atom is 0.331 e. The van der Waals surface area contributed by atoms with Crippen molar-refractivity contribution in [3.63, 3.8) is 0 Å². The first-order valence-electron chi connectivity index (χ1n) is 6.03. The normalized spacial score (nSPS) is 11.9. The van der Waals surface area contributed by atoms with E-state index < -0.39 is 24.0 Å². The smallest absolute Gasteiger partial charge is 0.331 e. The Morgan fingerprint density at radius 3 is 2.80 bits per heavy atom. The molecule has 20 heavy (non-hydrogen) atoms. The summed E-state index contributed by atoms with van der Waals surface area (Å²) in [5.41, 5.74) is 0. The molecule has 1 aromatic heterocycles. The number of amides is 3. The lowest BCUT2D eigenvalue weighted by atomic mass is 10.3. The van der Waals surface area contributed by atoms with Crippen LogP contribution in [0.25, 0.3) is 6.08 Å². The van der Waals surface area contributed by atoms with Gasteiger partial charge in [-0.1, -0.05) is 6.07 Å². The molecule has 0 aliphatic rings. The molecule has 2 N–H and O–H groups in total. The summed E-state index contributed by atoms with van der Waals surface area (Å²) in [6, 6.07) is 3.09. The molecule has 7 heteroatoms. The summed E-state index contributed by atoms with van der Waals surface area (Å²) in [5, 5.41) is 6.35. The molecule has 0 fully saturated rings. The van der Waals surface area contributed by atoms with Crippen LogP contribution in [-0.2, 0) is 14.3 Å². The number of urea groups is 1. The van der Waals surface area contributed by atoms with Crippen molar-refractivity contribution in [3.8, 4) is 0 Å². The minimum atomic E-state index is -1.04. The highest BCUT2D eigenvalue weighted by Gasteiger charge is 2.18. The number of carbonyl (C=O) groups excluding carboxylic acids is 3. The third-order valence-corrected chi connectivity index (χ3v) is 3.00. The van der Waals surface area contributed by atoms with Gasteiger partial charge in [-0.05, 0) is 31.4 Å². The van der Waals surface area contributed by atoms with Gasteiger partial charge in [0.15, 0.2) is 6.10 Å². The Bertz CT molecular complexity index is 496. The fourth-order valence-electron chi connectivity index (χ4n) is 1.22. The first-order chi connectivity index (χ1) is 9.52. The molecule has 1 atom stereocenters. The molecule has 0 spiro atoms. The van der Waals surface area contributed by atoms with E-state index in [2.05, 4.69) is 10.6 Å². The molecule has 0 aromatic carbocycles. The Morgan fingerprint density at radius 1 is 1.45 bits per heavy atom. The summed E-state index contributed by atoms with van der Waals surface area (Å²) in [6.07, 6.45) is 1.79. The molecule has 6 nitrogen and oxygen atoms in total. The topological polar surface area (TPSA) is 84.5 Å². The zero-order valence-corrected chi connectivity index (χ0v) is 12.0. The van der Waals surface area contributed by atoms with E-state index in [-0.39, 0.29) is 0 Å². The summed E-state index contributed by atoms with van der Waals surface area (Å²) in [4.78, 5) is 35.0. The molecule has 1 aromatic rings. The Kier molecular flexibility index (Phi) is 6.45. The monoisotopic (exact) mass is 296 g/mol. The predicted octanol–water partition coefficient (Wildman–Crippen LogP) is 1.54. The number of nitrogens with one attached hydrogen (secondary N) is 2. The van der Waals surface area contributed by atoms with Gasteiger partial charge in [-0.3, -0.25) is 10.1 Å². The average molecular weight is 296 g/mol. The molecule has 0 bridgehead atoms. The fourth-order valence-corrected chi connectivity index (χ4v) is 1.84. The highest BCUT2D eigenvalue weighted by molar-refractivity contribution is 7.10. The standard InChI is InChI=1S/C13H16N2O4S/c1-3-14-13(18)15-12(17)9(2)19-11(16)7-6-10-5-4-8-20-10/h4-9H,3H2,1-2H3,(H2,14,15,17,18)/b7-6+/t9-/m1/s1. The van der Waals surface area contributed by atoms with Crippen molar-refractivity contribution >= 4 is 35.3 Å². The van der Waals surface area contributed by atoms with Crippen LogP contribution in [0.2, 0.25) is 0 Å². The third-order valence-electron chi connectivity index (χ3n) is 2.16. The van der Waals surface area contributed by atoms with E-state index >= 15 is 0 Å². The van der Waals surface area contributed by atoms with Gasteiger partial charge >= 0.3 is 12.0 Å². The Labute approximate surface area is 120 Å². The minimum Gasteiger partial charge on any atom is -0.449 e. The molecule has 0 saturated carbocycles. The summed E-state index contributed by atoms with van der Waals surface area (Å²) in [6.45, 7) is 3.52. The molecular weight excluding hydrogens is 280 g/mol. The molecule has 0 saturated heterocycles. The van der Waals surface area contributed by atoms with E-state index in [1.54, 1.807) is 13.0 Å². The number of imide groups is 1. The second-order valence-electron chi connectivity index (χ2n) is 3.78. The van der Waals surface area contributed by atoms with Crippen LogP contribution < -0.4 is 10.6 Å². The van der Waals surface area contributed by atoms with Crippen molar-refractivity contribution in [2.75, 3.05) is 6.54 Å². The number of hydrogen-bond donors (Lipinski definition) is 2. The van der Waals surface area contributed by atoms with Gasteiger partial charge in [0, 0.05) is 17.5 Å². The van der Waals surface area contributed by atoms with Gasteiger partial charge in [-0.15, -0.1) is 11.3 Å². The van der Waals surface area contributed by atoms with Gasteiger partial charge in [0.05, 0.1) is 0 Å². The first kappa shape index (κ1) is 15.9. The number of esters is 1. The van der Waals surface area contributed by atoms with Crippen LogP contribution in [0.4, 0.5) is 4.79 Å². The lowest BCUT2D eigenvalue weighted by molar-refractivity contribution is -0.149. The number of thiophene rings is 1. The average Bonchev–Trinajstić information content (AvgIpc) is 2.89. The molecule has 3 amide bonds. The van der Waals surface area contributed by atoms with E-state index in [0.717, 1.165) is 4.88 Å². The van der Waals surface area contributed by atoms with Gasteiger partial charge in [0.1, 0.15) is 0 Å². The third kappa shape index (κ3) is 5.66. The van der Waals surface area contributed by atoms with E-state index in [1.165, 1.54) is 24.3 Å².